The second-order valence-corrected chi connectivity index (χ2v) is 29.7. The van der Waals surface area contributed by atoms with Crippen LogP contribution in [0.5, 0.6) is 5.75 Å². The first-order valence-electron chi connectivity index (χ1n) is 40.1. The van der Waals surface area contributed by atoms with Gasteiger partial charge < -0.3 is 35.7 Å². The van der Waals surface area contributed by atoms with Crippen LogP contribution in [-0.4, -0.2) is 160 Å². The van der Waals surface area contributed by atoms with Gasteiger partial charge in [-0.05, 0) is 234 Å². The Balaban J connectivity index is 0.000000136. The van der Waals surface area contributed by atoms with Gasteiger partial charge in [-0.2, -0.15) is 30.6 Å². The number of carboxylic acid groups (broad SMARTS) is 6. The maximum atomic E-state index is 13.5. The Morgan fingerprint density at radius 1 is 0.256 bits per heavy atom. The number of carbonyl (C=O) groups is 6. The van der Waals surface area contributed by atoms with Crippen molar-refractivity contribution in [3.8, 4) is 108 Å². The van der Waals surface area contributed by atoms with Crippen molar-refractivity contribution < 1.29 is 82.1 Å². The van der Waals surface area contributed by atoms with Crippen molar-refractivity contribution in [2.24, 2.45) is 0 Å². The predicted octanol–water partition coefficient (Wildman–Crippen LogP) is 18.5. The summed E-state index contributed by atoms with van der Waals surface area (Å²) in [6, 6.07) is 56.2. The highest BCUT2D eigenvalue weighted by Crippen LogP contribution is 2.34. The number of aromatic hydroxyl groups is 1. The van der Waals surface area contributed by atoms with Crippen LogP contribution in [0.2, 0.25) is 0 Å². The van der Waals surface area contributed by atoms with Gasteiger partial charge in [0.25, 0.3) is 0 Å². The van der Waals surface area contributed by atoms with E-state index in [1.165, 1.54) is 160 Å². The Kier molecular flexibility index (Phi) is 28.6. The highest BCUT2D eigenvalue weighted by molar-refractivity contribution is 5.91. The first-order chi connectivity index (χ1) is 63.8. The van der Waals surface area contributed by atoms with Gasteiger partial charge >= 0.3 is 35.8 Å². The van der Waals surface area contributed by atoms with E-state index in [1.807, 2.05) is 90.1 Å². The minimum absolute atomic E-state index is 0.0550. The van der Waals surface area contributed by atoms with Gasteiger partial charge in [0.2, 0.25) is 0 Å². The van der Waals surface area contributed by atoms with Crippen molar-refractivity contribution in [2.45, 2.75) is 55.4 Å². The number of aryl methyl sites for hydroxylation is 8. The van der Waals surface area contributed by atoms with Crippen LogP contribution in [0, 0.1) is 78.7 Å². The summed E-state index contributed by atoms with van der Waals surface area (Å²) in [5, 5.41) is 89.8. The molecule has 0 atom stereocenters. The van der Waals surface area contributed by atoms with Gasteiger partial charge in [-0.1, -0.05) is 77.9 Å². The molecule has 0 aliphatic rings. The first-order valence-corrected chi connectivity index (χ1v) is 40.1. The van der Waals surface area contributed by atoms with E-state index in [-0.39, 0.29) is 56.6 Å². The molecule has 0 bridgehead atoms. The molecule has 0 aliphatic carbocycles. The smallest absolute Gasteiger partial charge is 0.335 e. The Morgan fingerprint density at radius 3 is 0.910 bits per heavy atom. The minimum atomic E-state index is -1.09. The molecular formula is C98H78F4N18O13. The van der Waals surface area contributed by atoms with E-state index in [0.717, 1.165) is 90.4 Å². The molecule has 133 heavy (non-hydrogen) atoms. The molecule has 0 fully saturated rings. The van der Waals surface area contributed by atoms with Gasteiger partial charge in [0.05, 0.1) is 105 Å². The van der Waals surface area contributed by atoms with Crippen LogP contribution in [0.25, 0.3) is 102 Å². The zero-order valence-corrected chi connectivity index (χ0v) is 71.8. The van der Waals surface area contributed by atoms with Crippen molar-refractivity contribution in [3.63, 3.8) is 0 Å². The van der Waals surface area contributed by atoms with Crippen LogP contribution < -0.4 is 0 Å². The summed E-state index contributed by atoms with van der Waals surface area (Å²) in [6.07, 6.45) is 18.5. The molecular weight excluding hydrogens is 1710 g/mol. The van der Waals surface area contributed by atoms with Crippen LogP contribution in [0.1, 0.15) is 107 Å². The number of aromatic carboxylic acids is 6. The molecule has 12 aromatic heterocycles. The molecule has 0 amide bonds. The second kappa shape index (κ2) is 41.1. The van der Waals surface area contributed by atoms with Crippen LogP contribution in [0.3, 0.4) is 0 Å². The number of hydrogen-bond donors (Lipinski definition) is 7. The number of carboxylic acids is 6. The second-order valence-electron chi connectivity index (χ2n) is 29.7. The fourth-order valence-corrected chi connectivity index (χ4v) is 13.8. The van der Waals surface area contributed by atoms with E-state index in [2.05, 4.69) is 66.6 Å². The molecule has 12 heterocycles. The Morgan fingerprint density at radius 2 is 0.571 bits per heavy atom. The van der Waals surface area contributed by atoms with Crippen molar-refractivity contribution >= 4 is 35.8 Å². The lowest BCUT2D eigenvalue weighted by Gasteiger charge is -2.09. The topological polar surface area (TPSA) is 428 Å². The SMILES string of the molecule is Cc1cc(F)ccc1-c1ccnn1-c1cc(C(=O)O)ccn1.Cc1ccc(-c2c(C)cnn2-c2cc(C(=O)O)ccn2)cc1.Cc1cccc(-c2c(C)cnn2-c2cc(C(=O)O)ccn2)c1.Cc1cnn(-c2cc(C(=O)O)ccn2)c1-c1ccc(F)c(F)c1.Cc1cnn(-c2cc(C(=O)O)ccn2)c1-c1cccc(F)c1.Cc1cnn(-c2cc(C(=O)O)ccn2)c1-c1cccc(O)c1. The van der Waals surface area contributed by atoms with Crippen molar-refractivity contribution in [1.29, 1.82) is 0 Å². The summed E-state index contributed by atoms with van der Waals surface area (Å²) in [5.74, 6) is -6.15. The monoisotopic (exact) mass is 1790 g/mol. The number of phenols is 1. The molecule has 0 aliphatic heterocycles. The number of halogens is 4. The number of nitrogens with zero attached hydrogens (tertiary/aromatic N) is 18. The summed E-state index contributed by atoms with van der Waals surface area (Å²) in [5.41, 5.74) is 17.6. The van der Waals surface area contributed by atoms with Gasteiger partial charge in [0.1, 0.15) is 17.4 Å². The van der Waals surface area contributed by atoms with Crippen molar-refractivity contribution in [1.82, 2.24) is 88.6 Å². The maximum Gasteiger partial charge on any atom is 0.335 e. The first kappa shape index (κ1) is 92.5. The summed E-state index contributed by atoms with van der Waals surface area (Å²) in [7, 11) is 0. The lowest BCUT2D eigenvalue weighted by molar-refractivity contribution is 0.0686. The zero-order chi connectivity index (χ0) is 95.0. The third-order valence-electron chi connectivity index (χ3n) is 20.2. The molecule has 0 unspecified atom stereocenters. The number of phenolic OH excluding ortho intramolecular Hbond substituents is 1. The minimum Gasteiger partial charge on any atom is -0.508 e. The molecule has 7 N–H and O–H groups in total. The summed E-state index contributed by atoms with van der Waals surface area (Å²) in [4.78, 5) is 91.7. The van der Waals surface area contributed by atoms with Gasteiger partial charge in [0, 0.05) is 70.6 Å². The van der Waals surface area contributed by atoms with Gasteiger partial charge in [-0.3, -0.25) is 0 Å². The molecule has 6 aromatic carbocycles. The van der Waals surface area contributed by atoms with Crippen LogP contribution in [0.15, 0.2) is 287 Å². The lowest BCUT2D eigenvalue weighted by atomic mass is 10.1. The third kappa shape index (κ3) is 21.9. The number of rotatable bonds is 18. The number of aromatic nitrogens is 18. The molecule has 18 aromatic rings. The Labute approximate surface area is 754 Å². The summed E-state index contributed by atoms with van der Waals surface area (Å²) < 4.78 is 62.7. The number of hydrogen-bond acceptors (Lipinski definition) is 19. The molecule has 0 radical (unpaired) electrons. The summed E-state index contributed by atoms with van der Waals surface area (Å²) >= 11 is 0. The molecule has 18 rings (SSSR count). The van der Waals surface area contributed by atoms with E-state index in [1.54, 1.807) is 108 Å². The van der Waals surface area contributed by atoms with E-state index in [0.29, 0.717) is 57.3 Å². The fourth-order valence-electron chi connectivity index (χ4n) is 13.8. The molecule has 31 nitrogen and oxygen atoms in total. The molecule has 0 saturated heterocycles. The summed E-state index contributed by atoms with van der Waals surface area (Å²) in [6.45, 7) is 15.3. The Hall–Kier alpha value is -18.2. The van der Waals surface area contributed by atoms with Crippen molar-refractivity contribution in [3.05, 3.63) is 388 Å². The van der Waals surface area contributed by atoms with Crippen LogP contribution in [-0.2, 0) is 0 Å². The van der Waals surface area contributed by atoms with E-state index in [9.17, 15) is 51.4 Å². The van der Waals surface area contributed by atoms with E-state index >= 15 is 0 Å². The van der Waals surface area contributed by atoms with Crippen LogP contribution >= 0.6 is 0 Å². The Bertz CT molecular complexity index is 7070. The van der Waals surface area contributed by atoms with Gasteiger partial charge in [-0.15, -0.1) is 0 Å². The van der Waals surface area contributed by atoms with E-state index in [4.69, 9.17) is 30.6 Å². The molecule has 35 heteroatoms. The zero-order valence-electron chi connectivity index (χ0n) is 71.8. The highest BCUT2D eigenvalue weighted by atomic mass is 19.2. The molecule has 0 spiro atoms. The average molecular weight is 1790 g/mol. The average Bonchev–Trinajstić information content (AvgIpc) is 1.73. The molecule has 666 valence electrons. The fraction of sp³-hybridized carbons (Fsp3) is 0.0816. The molecule has 0 saturated carbocycles. The number of pyridine rings is 6. The van der Waals surface area contributed by atoms with E-state index < -0.39 is 47.5 Å². The standard InChI is InChI=1S/2C17H15N3O2.C16H11F2N3O2.2C16H12FN3O2.C16H13N3O3/c1-11-3-5-13(6-4-11)16-12(2)10-19-20(16)15-9-14(17(21)22)7-8-18-15;1-11-4-3-5-13(8-11)16-12(2)10-19-20(16)15-9-14(17(21)22)6-7-18-15;1-9-8-20-21(14-7-11(16(22)23)4-5-19-14)15(9)10-2-3-12(17)13(18)6-10;1-10-8-12(17)2-3-13(10)14-5-7-19-20(14)15-9-11(16(21)22)4-6-18-15;1-10-9-19-20(14-8-12(16(21)22)5-6-18-14)15(10)11-3-2-4-13(17)7-11;1-10-9-18-19(14-8-12(16(21)22)5-6-17-14)15(10)11-3-2-4-13(20)7-11/h2*3-10H,1-2H3,(H,21,22);2-8H,1H3,(H,22,23);2*2-9H,1H3,(H,21,22);2-9,20H,1H3,(H,21,22). The normalized spacial score (nSPS) is 10.6. The predicted molar refractivity (Wildman–Crippen MR) is 482 cm³/mol. The van der Waals surface area contributed by atoms with Crippen molar-refractivity contribution in [2.75, 3.05) is 0 Å². The third-order valence-corrected chi connectivity index (χ3v) is 20.2. The number of benzene rings is 6. The largest absolute Gasteiger partial charge is 0.508 e. The highest BCUT2D eigenvalue weighted by Gasteiger charge is 2.23. The van der Waals surface area contributed by atoms with Gasteiger partial charge in [-0.25, -0.2) is 104 Å². The maximum absolute atomic E-state index is 13.5. The van der Waals surface area contributed by atoms with Gasteiger partial charge in [0.15, 0.2) is 46.5 Å². The van der Waals surface area contributed by atoms with Crippen LogP contribution in [0.4, 0.5) is 17.6 Å². The quantitative estimate of drug-likeness (QED) is 0.0392. The lowest BCUT2D eigenvalue weighted by Crippen LogP contribution is -2.05.